The number of piperidine rings is 1. The molecule has 1 saturated heterocycles. The number of hydrogen-bond acceptors (Lipinski definition) is 5. The Morgan fingerprint density at radius 2 is 1.73 bits per heavy atom. The number of hydrogen-bond donors (Lipinski definition) is 0. The highest BCUT2D eigenvalue weighted by Crippen LogP contribution is 2.32. The molecule has 2 aliphatic rings. The average Bonchev–Trinajstić information content (AvgIpc) is 2.84. The van der Waals surface area contributed by atoms with Gasteiger partial charge in [0.25, 0.3) is 5.91 Å². The summed E-state index contributed by atoms with van der Waals surface area (Å²) in [5.41, 5.74) is 1.39. The molecule has 0 unspecified atom stereocenters. The smallest absolute Gasteiger partial charge is 0.257 e. The number of aromatic nitrogens is 2. The van der Waals surface area contributed by atoms with Gasteiger partial charge in [0.1, 0.15) is 17.4 Å². The van der Waals surface area contributed by atoms with E-state index in [1.54, 1.807) is 0 Å². The molecule has 3 aromatic rings. The maximum absolute atomic E-state index is 14.2. The van der Waals surface area contributed by atoms with E-state index in [-0.39, 0.29) is 12.1 Å². The van der Waals surface area contributed by atoms with Gasteiger partial charge in [-0.25, -0.2) is 13.8 Å². The summed E-state index contributed by atoms with van der Waals surface area (Å²) in [7, 11) is 0. The average molecular weight is 450 g/mol. The van der Waals surface area contributed by atoms with E-state index in [0.717, 1.165) is 43.8 Å². The number of anilines is 1. The minimum atomic E-state index is -0.872. The molecule has 0 aliphatic carbocycles. The van der Waals surface area contributed by atoms with Crippen molar-refractivity contribution in [1.82, 2.24) is 14.9 Å². The Bertz CT molecular complexity index is 1170. The van der Waals surface area contributed by atoms with Gasteiger partial charge in [0.2, 0.25) is 11.8 Å². The summed E-state index contributed by atoms with van der Waals surface area (Å²) in [5, 5.41) is 0. The number of rotatable bonds is 4. The van der Waals surface area contributed by atoms with Gasteiger partial charge >= 0.3 is 0 Å². The lowest BCUT2D eigenvalue weighted by Crippen LogP contribution is -2.38. The molecule has 5 rings (SSSR count). The van der Waals surface area contributed by atoms with Crippen LogP contribution < -0.4 is 9.64 Å². The van der Waals surface area contributed by atoms with Gasteiger partial charge < -0.3 is 14.5 Å². The fraction of sp³-hybridized carbons (Fsp3) is 0.320. The Labute approximate surface area is 190 Å². The van der Waals surface area contributed by atoms with E-state index in [1.807, 2.05) is 30.3 Å². The molecule has 170 valence electrons. The number of benzene rings is 2. The summed E-state index contributed by atoms with van der Waals surface area (Å²) in [5.74, 6) is -0.402. The summed E-state index contributed by atoms with van der Waals surface area (Å²) in [6.07, 6.45) is 3.89. The third-order valence-electron chi connectivity index (χ3n) is 6.06. The third kappa shape index (κ3) is 4.51. The Balaban J connectivity index is 1.48. The van der Waals surface area contributed by atoms with Gasteiger partial charge in [-0.15, -0.1) is 0 Å². The number of para-hydroxylation sites is 1. The quantitative estimate of drug-likeness (QED) is 0.575. The molecule has 8 heteroatoms. The summed E-state index contributed by atoms with van der Waals surface area (Å²) < 4.78 is 33.7. The molecule has 1 amide bonds. The Morgan fingerprint density at radius 3 is 2.48 bits per heavy atom. The molecular formula is C25H24F2N4O2. The largest absolute Gasteiger partial charge is 0.438 e. The molecule has 1 aromatic heterocycles. The van der Waals surface area contributed by atoms with Crippen LogP contribution in [0, 0.1) is 11.6 Å². The highest BCUT2D eigenvalue weighted by Gasteiger charge is 2.29. The fourth-order valence-corrected chi connectivity index (χ4v) is 4.30. The van der Waals surface area contributed by atoms with Gasteiger partial charge in [0.15, 0.2) is 0 Å². The molecule has 1 fully saturated rings. The lowest BCUT2D eigenvalue weighted by Gasteiger charge is -2.32. The SMILES string of the molecule is O=C(c1ccc(F)cc1F)N1CCc2nc(N3CCCCC3)nc(Oc3ccccc3)c2C1. The van der Waals surface area contributed by atoms with E-state index in [2.05, 4.69) is 4.90 Å². The van der Waals surface area contributed by atoms with E-state index in [9.17, 15) is 13.6 Å². The van der Waals surface area contributed by atoms with Crippen LogP contribution in [0.4, 0.5) is 14.7 Å². The van der Waals surface area contributed by atoms with Crippen molar-refractivity contribution in [1.29, 1.82) is 0 Å². The second kappa shape index (κ2) is 9.13. The summed E-state index contributed by atoms with van der Waals surface area (Å²) in [6, 6.07) is 12.3. The molecule has 0 spiro atoms. The predicted molar refractivity (Wildman–Crippen MR) is 119 cm³/mol. The summed E-state index contributed by atoms with van der Waals surface area (Å²) in [4.78, 5) is 26.2. The number of nitrogens with zero attached hydrogens (tertiary/aromatic N) is 4. The number of ether oxygens (including phenoxy) is 1. The Hall–Kier alpha value is -3.55. The second-order valence-corrected chi connectivity index (χ2v) is 8.32. The van der Waals surface area contributed by atoms with Crippen LogP contribution in [0.2, 0.25) is 0 Å². The first-order chi connectivity index (χ1) is 16.1. The van der Waals surface area contributed by atoms with Crippen LogP contribution in [0.5, 0.6) is 11.6 Å². The van der Waals surface area contributed by atoms with Gasteiger partial charge in [0.05, 0.1) is 23.4 Å². The predicted octanol–water partition coefficient (Wildman–Crippen LogP) is 4.74. The zero-order chi connectivity index (χ0) is 22.8. The van der Waals surface area contributed by atoms with Crippen molar-refractivity contribution in [2.45, 2.75) is 32.2 Å². The highest BCUT2D eigenvalue weighted by atomic mass is 19.1. The molecule has 0 saturated carbocycles. The molecule has 33 heavy (non-hydrogen) atoms. The molecule has 0 atom stereocenters. The van der Waals surface area contributed by atoms with E-state index < -0.39 is 17.5 Å². The Kier molecular flexibility index (Phi) is 5.90. The number of carbonyl (C=O) groups is 1. The topological polar surface area (TPSA) is 58.6 Å². The second-order valence-electron chi connectivity index (χ2n) is 8.32. The highest BCUT2D eigenvalue weighted by molar-refractivity contribution is 5.94. The molecular weight excluding hydrogens is 426 g/mol. The van der Waals surface area contributed by atoms with E-state index in [4.69, 9.17) is 14.7 Å². The molecule has 2 aliphatic heterocycles. The monoisotopic (exact) mass is 450 g/mol. The van der Waals surface area contributed by atoms with Crippen molar-refractivity contribution in [2.24, 2.45) is 0 Å². The van der Waals surface area contributed by atoms with Crippen molar-refractivity contribution in [2.75, 3.05) is 24.5 Å². The van der Waals surface area contributed by atoms with Crippen LogP contribution in [0.15, 0.2) is 48.5 Å². The normalized spacial score (nSPS) is 15.8. The first kappa shape index (κ1) is 21.3. The summed E-state index contributed by atoms with van der Waals surface area (Å²) >= 11 is 0. The molecule has 2 aromatic carbocycles. The summed E-state index contributed by atoms with van der Waals surface area (Å²) in [6.45, 7) is 2.37. The van der Waals surface area contributed by atoms with E-state index in [1.165, 1.54) is 17.4 Å². The first-order valence-corrected chi connectivity index (χ1v) is 11.2. The van der Waals surface area contributed by atoms with Crippen LogP contribution in [-0.4, -0.2) is 40.4 Å². The molecule has 3 heterocycles. The van der Waals surface area contributed by atoms with Gasteiger partial charge in [-0.2, -0.15) is 4.98 Å². The fourth-order valence-electron chi connectivity index (χ4n) is 4.30. The van der Waals surface area contributed by atoms with Crippen molar-refractivity contribution >= 4 is 11.9 Å². The number of amides is 1. The van der Waals surface area contributed by atoms with Gasteiger partial charge in [-0.3, -0.25) is 4.79 Å². The molecule has 6 nitrogen and oxygen atoms in total. The number of halogens is 2. The minimum Gasteiger partial charge on any atom is -0.438 e. The lowest BCUT2D eigenvalue weighted by atomic mass is 10.0. The number of fused-ring (bicyclic) bond motifs is 1. The van der Waals surface area contributed by atoms with Gasteiger partial charge in [-0.1, -0.05) is 18.2 Å². The van der Waals surface area contributed by atoms with Crippen molar-refractivity contribution in [3.63, 3.8) is 0 Å². The van der Waals surface area contributed by atoms with Crippen molar-refractivity contribution < 1.29 is 18.3 Å². The standard InChI is InChI=1S/C25H24F2N4O2/c26-17-9-10-19(21(27)15-17)24(32)31-14-11-22-20(16-31)23(33-18-7-3-1-4-8-18)29-25(28-22)30-12-5-2-6-13-30/h1,3-4,7-10,15H,2,5-6,11-14,16H2. The molecule has 0 bridgehead atoms. The first-order valence-electron chi connectivity index (χ1n) is 11.2. The van der Waals surface area contributed by atoms with Crippen LogP contribution in [0.3, 0.4) is 0 Å². The maximum Gasteiger partial charge on any atom is 0.257 e. The van der Waals surface area contributed by atoms with E-state index in [0.29, 0.717) is 36.1 Å². The zero-order valence-electron chi connectivity index (χ0n) is 18.1. The molecule has 0 N–H and O–H groups in total. The zero-order valence-corrected chi connectivity index (χ0v) is 18.1. The van der Waals surface area contributed by atoms with Crippen molar-refractivity contribution in [3.05, 3.63) is 77.0 Å². The maximum atomic E-state index is 14.2. The lowest BCUT2D eigenvalue weighted by molar-refractivity contribution is 0.0727. The minimum absolute atomic E-state index is 0.156. The Morgan fingerprint density at radius 1 is 0.939 bits per heavy atom. The van der Waals surface area contributed by atoms with Crippen LogP contribution in [0.25, 0.3) is 0 Å². The van der Waals surface area contributed by atoms with E-state index >= 15 is 0 Å². The van der Waals surface area contributed by atoms with Gasteiger partial charge in [0, 0.05) is 32.1 Å². The van der Waals surface area contributed by atoms with Crippen LogP contribution in [0.1, 0.15) is 40.9 Å². The third-order valence-corrected chi connectivity index (χ3v) is 6.06. The van der Waals surface area contributed by atoms with Crippen LogP contribution in [-0.2, 0) is 13.0 Å². The number of carbonyl (C=O) groups excluding carboxylic acids is 1. The van der Waals surface area contributed by atoms with Gasteiger partial charge in [-0.05, 0) is 43.5 Å². The van der Waals surface area contributed by atoms with Crippen LogP contribution >= 0.6 is 0 Å². The molecule has 0 radical (unpaired) electrons. The van der Waals surface area contributed by atoms with Crippen molar-refractivity contribution in [3.8, 4) is 11.6 Å².